The zero-order valence-electron chi connectivity index (χ0n) is 15.1. The highest BCUT2D eigenvalue weighted by Crippen LogP contribution is 2.30. The summed E-state index contributed by atoms with van der Waals surface area (Å²) in [5.41, 5.74) is 1.36. The minimum Gasteiger partial charge on any atom is -0.508 e. The summed E-state index contributed by atoms with van der Waals surface area (Å²) in [6.45, 7) is 3.88. The van der Waals surface area contributed by atoms with E-state index in [-0.39, 0.29) is 28.2 Å². The van der Waals surface area contributed by atoms with Gasteiger partial charge in [-0.15, -0.1) is 0 Å². The van der Waals surface area contributed by atoms with Gasteiger partial charge in [-0.25, -0.2) is 0 Å². The van der Waals surface area contributed by atoms with Crippen molar-refractivity contribution in [1.82, 2.24) is 0 Å². The van der Waals surface area contributed by atoms with Gasteiger partial charge in [-0.1, -0.05) is 26.0 Å². The summed E-state index contributed by atoms with van der Waals surface area (Å²) >= 11 is 0. The summed E-state index contributed by atoms with van der Waals surface area (Å²) in [6.07, 6.45) is 0.891. The number of rotatable bonds is 6. The van der Waals surface area contributed by atoms with Crippen LogP contribution in [0.15, 0.2) is 45.6 Å². The van der Waals surface area contributed by atoms with Crippen LogP contribution in [-0.4, -0.2) is 16.2 Å². The quantitative estimate of drug-likeness (QED) is 0.681. The Kier molecular flexibility index (Phi) is 5.16. The molecule has 0 saturated heterocycles. The third-order valence-electron chi connectivity index (χ3n) is 4.36. The average Bonchev–Trinajstić information content (AvgIpc) is 2.64. The van der Waals surface area contributed by atoms with Gasteiger partial charge >= 0.3 is 5.97 Å². The minimum absolute atomic E-state index is 0.00162. The van der Waals surface area contributed by atoms with Crippen LogP contribution in [0.5, 0.6) is 17.2 Å². The number of carbonyl (C=O) groups is 1. The maximum absolute atomic E-state index is 13.0. The number of hydrogen-bond acceptors (Lipinski definition) is 5. The van der Waals surface area contributed by atoms with Crippen LogP contribution in [0, 0.1) is 0 Å². The molecule has 0 aliphatic rings. The molecule has 0 fully saturated rings. The molecule has 3 rings (SSSR count). The summed E-state index contributed by atoms with van der Waals surface area (Å²) in [4.78, 5) is 24.2. The SMILES string of the molecule is CCc1ccc(Oc2c(CC(=O)O)oc3cc(O)c(CC)cc3c2=O)cc1. The van der Waals surface area contributed by atoms with Gasteiger partial charge in [0.2, 0.25) is 11.2 Å². The molecule has 2 N–H and O–H groups in total. The van der Waals surface area contributed by atoms with Crippen LogP contribution in [0.4, 0.5) is 0 Å². The van der Waals surface area contributed by atoms with Gasteiger partial charge in [-0.3, -0.25) is 9.59 Å². The Morgan fingerprint density at radius 1 is 1.11 bits per heavy atom. The van der Waals surface area contributed by atoms with Crippen molar-refractivity contribution in [2.24, 2.45) is 0 Å². The van der Waals surface area contributed by atoms with Crippen molar-refractivity contribution in [3.63, 3.8) is 0 Å². The molecule has 3 aromatic rings. The number of phenolic OH excluding ortho intramolecular Hbond substituents is 1. The second-order valence-corrected chi connectivity index (χ2v) is 6.18. The average molecular weight is 368 g/mol. The van der Waals surface area contributed by atoms with E-state index in [1.165, 1.54) is 6.07 Å². The van der Waals surface area contributed by atoms with Crippen LogP contribution in [0.25, 0.3) is 11.0 Å². The molecule has 0 atom stereocenters. The number of benzene rings is 2. The van der Waals surface area contributed by atoms with Gasteiger partial charge in [0, 0.05) is 6.07 Å². The van der Waals surface area contributed by atoms with Crippen molar-refractivity contribution >= 4 is 16.9 Å². The highest BCUT2D eigenvalue weighted by atomic mass is 16.5. The van der Waals surface area contributed by atoms with Gasteiger partial charge in [-0.05, 0) is 42.2 Å². The highest BCUT2D eigenvalue weighted by molar-refractivity contribution is 5.82. The molecule has 6 nitrogen and oxygen atoms in total. The smallest absolute Gasteiger partial charge is 0.311 e. The predicted molar refractivity (Wildman–Crippen MR) is 101 cm³/mol. The van der Waals surface area contributed by atoms with E-state index in [1.54, 1.807) is 18.2 Å². The van der Waals surface area contributed by atoms with Crippen molar-refractivity contribution in [3.8, 4) is 17.2 Å². The first-order valence-corrected chi connectivity index (χ1v) is 8.73. The molecule has 0 unspecified atom stereocenters. The Hall–Kier alpha value is -3.28. The first-order chi connectivity index (χ1) is 12.9. The predicted octanol–water partition coefficient (Wildman–Crippen LogP) is 4.04. The van der Waals surface area contributed by atoms with Crippen LogP contribution in [-0.2, 0) is 24.1 Å². The second-order valence-electron chi connectivity index (χ2n) is 6.18. The van der Waals surface area contributed by atoms with Crippen LogP contribution in [0.3, 0.4) is 0 Å². The lowest BCUT2D eigenvalue weighted by molar-refractivity contribution is -0.136. The van der Waals surface area contributed by atoms with E-state index in [4.69, 9.17) is 14.3 Å². The van der Waals surface area contributed by atoms with E-state index < -0.39 is 17.8 Å². The number of carboxylic acid groups (broad SMARTS) is 1. The molecule has 0 amide bonds. The largest absolute Gasteiger partial charge is 0.508 e. The number of carboxylic acids is 1. The molecule has 0 saturated carbocycles. The molecule has 6 heteroatoms. The summed E-state index contributed by atoms with van der Waals surface area (Å²) in [5.74, 6) is -0.985. The van der Waals surface area contributed by atoms with Crippen molar-refractivity contribution < 1.29 is 24.2 Å². The number of ether oxygens (including phenoxy) is 1. The molecular formula is C21H20O6. The summed E-state index contributed by atoms with van der Waals surface area (Å²) in [7, 11) is 0. The van der Waals surface area contributed by atoms with E-state index in [9.17, 15) is 14.7 Å². The van der Waals surface area contributed by atoms with Crippen LogP contribution < -0.4 is 10.2 Å². The Balaban J connectivity index is 2.17. The highest BCUT2D eigenvalue weighted by Gasteiger charge is 2.20. The fourth-order valence-corrected chi connectivity index (χ4v) is 2.86. The molecule has 1 heterocycles. The number of fused-ring (bicyclic) bond motifs is 1. The minimum atomic E-state index is -1.15. The van der Waals surface area contributed by atoms with Crippen molar-refractivity contribution in [2.45, 2.75) is 33.1 Å². The number of hydrogen-bond donors (Lipinski definition) is 2. The van der Waals surface area contributed by atoms with Crippen molar-refractivity contribution in [1.29, 1.82) is 0 Å². The monoisotopic (exact) mass is 368 g/mol. The van der Waals surface area contributed by atoms with E-state index in [2.05, 4.69) is 0 Å². The Morgan fingerprint density at radius 3 is 2.41 bits per heavy atom. The summed E-state index contributed by atoms with van der Waals surface area (Å²) in [5, 5.41) is 19.4. The van der Waals surface area contributed by atoms with Gasteiger partial charge in [0.25, 0.3) is 0 Å². The van der Waals surface area contributed by atoms with Gasteiger partial charge in [-0.2, -0.15) is 0 Å². The third kappa shape index (κ3) is 3.79. The zero-order valence-corrected chi connectivity index (χ0v) is 15.1. The van der Waals surface area contributed by atoms with E-state index in [0.29, 0.717) is 17.7 Å². The fraction of sp³-hybridized carbons (Fsp3) is 0.238. The van der Waals surface area contributed by atoms with Crippen LogP contribution in [0.1, 0.15) is 30.7 Å². The normalized spacial score (nSPS) is 10.9. The third-order valence-corrected chi connectivity index (χ3v) is 4.36. The molecule has 2 aromatic carbocycles. The van der Waals surface area contributed by atoms with E-state index in [1.807, 2.05) is 26.0 Å². The summed E-state index contributed by atoms with van der Waals surface area (Å²) < 4.78 is 11.3. The Morgan fingerprint density at radius 2 is 1.81 bits per heavy atom. The Bertz CT molecular complexity index is 1050. The first kappa shape index (κ1) is 18.5. The fourth-order valence-electron chi connectivity index (χ4n) is 2.86. The van der Waals surface area contributed by atoms with Gasteiger partial charge in [0.05, 0.1) is 5.39 Å². The first-order valence-electron chi connectivity index (χ1n) is 8.73. The second kappa shape index (κ2) is 7.53. The number of aromatic hydroxyl groups is 1. The molecule has 0 aliphatic heterocycles. The number of aryl methyl sites for hydroxylation is 2. The van der Waals surface area contributed by atoms with Gasteiger partial charge in [0.1, 0.15) is 23.5 Å². The molecule has 0 bridgehead atoms. The van der Waals surface area contributed by atoms with Crippen LogP contribution in [0.2, 0.25) is 0 Å². The molecule has 0 aliphatic carbocycles. The number of aliphatic carboxylic acids is 1. The van der Waals surface area contributed by atoms with Gasteiger partial charge in [0.15, 0.2) is 5.76 Å². The van der Waals surface area contributed by atoms with Crippen molar-refractivity contribution in [2.75, 3.05) is 0 Å². The molecule has 27 heavy (non-hydrogen) atoms. The molecule has 0 spiro atoms. The van der Waals surface area contributed by atoms with Crippen molar-refractivity contribution in [3.05, 3.63) is 63.5 Å². The standard InChI is InChI=1S/C21H20O6/c1-3-12-5-7-14(8-6-12)26-21-18(11-19(23)24)27-17-10-16(22)13(4-2)9-15(17)20(21)25/h5-10,22H,3-4,11H2,1-2H3,(H,23,24). The van der Waals surface area contributed by atoms with E-state index >= 15 is 0 Å². The lowest BCUT2D eigenvalue weighted by Crippen LogP contribution is -2.12. The molecule has 0 radical (unpaired) electrons. The molecular weight excluding hydrogens is 348 g/mol. The number of phenols is 1. The van der Waals surface area contributed by atoms with Gasteiger partial charge < -0.3 is 19.4 Å². The Labute approximate surface area is 155 Å². The topological polar surface area (TPSA) is 97.0 Å². The maximum Gasteiger partial charge on any atom is 0.311 e. The lowest BCUT2D eigenvalue weighted by atomic mass is 10.1. The van der Waals surface area contributed by atoms with Crippen LogP contribution >= 0.6 is 0 Å². The maximum atomic E-state index is 13.0. The lowest BCUT2D eigenvalue weighted by Gasteiger charge is -2.12. The summed E-state index contributed by atoms with van der Waals surface area (Å²) in [6, 6.07) is 10.1. The van der Waals surface area contributed by atoms with E-state index in [0.717, 1.165) is 12.0 Å². The molecule has 1 aromatic heterocycles. The zero-order chi connectivity index (χ0) is 19.6. The molecule has 140 valence electrons.